The number of nitrogens with one attached hydrogen (secondary N) is 1. The molecule has 0 aromatic heterocycles. The average molecular weight is 194 g/mol. The third-order valence-electron chi connectivity index (χ3n) is 1.75. The summed E-state index contributed by atoms with van der Waals surface area (Å²) in [5, 5.41) is 11.0. The van der Waals surface area contributed by atoms with Crippen molar-refractivity contribution in [1.29, 1.82) is 0 Å². The third-order valence-corrected chi connectivity index (χ3v) is 3.46. The first-order chi connectivity index (χ1) is 5.41. The number of hydrazine groups is 1. The van der Waals surface area contributed by atoms with E-state index in [1.54, 1.807) is 19.1 Å². The molecule has 0 saturated carbocycles. The molecule has 0 aromatic carbocycles. The van der Waals surface area contributed by atoms with E-state index >= 15 is 0 Å². The van der Waals surface area contributed by atoms with Gasteiger partial charge in [0.25, 0.3) is 0 Å². The third kappa shape index (κ3) is 2.41. The average Bonchev–Trinajstić information content (AvgIpc) is 2.03. The second kappa shape index (κ2) is 3.29. The molecular weight excluding hydrogens is 180 g/mol. The molecular formula is C6H14N2O3S. The molecule has 5 nitrogen and oxygen atoms in total. The van der Waals surface area contributed by atoms with E-state index in [9.17, 15) is 13.5 Å². The van der Waals surface area contributed by atoms with Crippen LogP contribution >= 0.6 is 0 Å². The molecule has 12 heavy (non-hydrogen) atoms. The summed E-state index contributed by atoms with van der Waals surface area (Å²) >= 11 is 0. The molecule has 2 N–H and O–H groups in total. The van der Waals surface area contributed by atoms with Crippen LogP contribution in [0.25, 0.3) is 0 Å². The summed E-state index contributed by atoms with van der Waals surface area (Å²) in [4.78, 5) is 0. The molecule has 0 unspecified atom stereocenters. The van der Waals surface area contributed by atoms with Crippen molar-refractivity contribution in [2.24, 2.45) is 0 Å². The summed E-state index contributed by atoms with van der Waals surface area (Å²) in [7, 11) is 0.494. The van der Waals surface area contributed by atoms with Gasteiger partial charge in [0.2, 0.25) is 0 Å². The molecule has 0 aromatic rings. The molecule has 0 amide bonds. The van der Waals surface area contributed by atoms with Crippen molar-refractivity contribution in [3.63, 3.8) is 0 Å². The fraction of sp³-hybridized carbons (Fsp3) is 1.00. The van der Waals surface area contributed by atoms with Crippen LogP contribution in [0.1, 0.15) is 0 Å². The van der Waals surface area contributed by atoms with Gasteiger partial charge in [-0.05, 0) is 0 Å². The predicted molar refractivity (Wildman–Crippen MR) is 45.3 cm³/mol. The zero-order valence-electron chi connectivity index (χ0n) is 7.19. The van der Waals surface area contributed by atoms with Gasteiger partial charge in [-0.3, -0.25) is 5.01 Å². The molecule has 1 aliphatic heterocycles. The molecule has 1 rings (SSSR count). The second-order valence-corrected chi connectivity index (χ2v) is 5.43. The van der Waals surface area contributed by atoms with Crippen LogP contribution in [0.3, 0.4) is 0 Å². The van der Waals surface area contributed by atoms with Gasteiger partial charge in [0, 0.05) is 14.1 Å². The predicted octanol–water partition coefficient (Wildman–Crippen LogP) is -1.79. The van der Waals surface area contributed by atoms with Crippen LogP contribution in [0.2, 0.25) is 0 Å². The number of nitrogens with zero attached hydrogens (tertiary/aromatic N) is 1. The Balaban J connectivity index is 2.58. The Labute approximate surface area is 72.3 Å². The number of sulfone groups is 1. The van der Waals surface area contributed by atoms with Crippen LogP contribution in [0.4, 0.5) is 0 Å². The Morgan fingerprint density at radius 1 is 1.42 bits per heavy atom. The summed E-state index contributed by atoms with van der Waals surface area (Å²) < 4.78 is 22.0. The fourth-order valence-electron chi connectivity index (χ4n) is 1.28. The highest BCUT2D eigenvalue weighted by molar-refractivity contribution is 7.91. The minimum atomic E-state index is -3.03. The van der Waals surface area contributed by atoms with Gasteiger partial charge < -0.3 is 5.11 Å². The topological polar surface area (TPSA) is 69.6 Å². The van der Waals surface area contributed by atoms with E-state index in [-0.39, 0.29) is 17.5 Å². The lowest BCUT2D eigenvalue weighted by atomic mass is 10.2. The number of hydrogen-bond donors (Lipinski definition) is 2. The maximum absolute atomic E-state index is 11.0. The molecule has 0 bridgehead atoms. The molecule has 0 aliphatic carbocycles. The SMILES string of the molecule is CN(C)N[C@@H]1CS(=O)(=O)C[C@@H]1O. The Morgan fingerprint density at radius 2 is 2.00 bits per heavy atom. The molecule has 1 fully saturated rings. The minimum Gasteiger partial charge on any atom is -0.390 e. The number of rotatable bonds is 2. The van der Waals surface area contributed by atoms with E-state index in [1.807, 2.05) is 0 Å². The largest absolute Gasteiger partial charge is 0.390 e. The van der Waals surface area contributed by atoms with E-state index in [0.717, 1.165) is 0 Å². The van der Waals surface area contributed by atoms with Gasteiger partial charge in [-0.15, -0.1) is 0 Å². The first-order valence-electron chi connectivity index (χ1n) is 3.73. The van der Waals surface area contributed by atoms with Crippen LogP contribution < -0.4 is 5.43 Å². The van der Waals surface area contributed by atoms with Crippen LogP contribution in [-0.2, 0) is 9.84 Å². The van der Waals surface area contributed by atoms with Crippen molar-refractivity contribution in [2.45, 2.75) is 12.1 Å². The summed E-state index contributed by atoms with van der Waals surface area (Å²) in [5.41, 5.74) is 2.85. The summed E-state index contributed by atoms with van der Waals surface area (Å²) in [6.07, 6.45) is -0.780. The van der Waals surface area contributed by atoms with Crippen LogP contribution in [0.5, 0.6) is 0 Å². The van der Waals surface area contributed by atoms with E-state index in [0.29, 0.717) is 0 Å². The summed E-state index contributed by atoms with van der Waals surface area (Å²) in [6, 6.07) is -0.356. The second-order valence-electron chi connectivity index (χ2n) is 3.27. The van der Waals surface area contributed by atoms with Crippen LogP contribution in [0.15, 0.2) is 0 Å². The lowest BCUT2D eigenvalue weighted by Gasteiger charge is -2.19. The summed E-state index contributed by atoms with van der Waals surface area (Å²) in [5.74, 6) is -0.106. The highest BCUT2D eigenvalue weighted by Gasteiger charge is 2.36. The molecule has 2 atom stereocenters. The van der Waals surface area contributed by atoms with E-state index in [4.69, 9.17) is 0 Å². The lowest BCUT2D eigenvalue weighted by molar-refractivity contribution is 0.122. The van der Waals surface area contributed by atoms with Crippen molar-refractivity contribution in [1.82, 2.24) is 10.4 Å². The Bertz CT molecular complexity index is 250. The van der Waals surface area contributed by atoms with Crippen molar-refractivity contribution < 1.29 is 13.5 Å². The van der Waals surface area contributed by atoms with E-state index in [2.05, 4.69) is 5.43 Å². The monoisotopic (exact) mass is 194 g/mol. The Kier molecular flexibility index (Phi) is 2.72. The lowest BCUT2D eigenvalue weighted by Crippen LogP contribution is -2.46. The van der Waals surface area contributed by atoms with Crippen molar-refractivity contribution in [3.05, 3.63) is 0 Å². The number of hydrogen-bond acceptors (Lipinski definition) is 5. The molecule has 6 heteroatoms. The van der Waals surface area contributed by atoms with Gasteiger partial charge in [0.15, 0.2) is 9.84 Å². The van der Waals surface area contributed by atoms with Gasteiger partial charge in [-0.25, -0.2) is 13.8 Å². The van der Waals surface area contributed by atoms with Gasteiger partial charge in [0.05, 0.1) is 23.7 Å². The quantitative estimate of drug-likeness (QED) is 0.508. The zero-order chi connectivity index (χ0) is 9.35. The molecule has 1 heterocycles. The van der Waals surface area contributed by atoms with Gasteiger partial charge in [-0.2, -0.15) is 0 Å². The molecule has 1 saturated heterocycles. The minimum absolute atomic E-state index is 0.0202. The first kappa shape index (κ1) is 9.91. The molecule has 72 valence electrons. The number of aliphatic hydroxyl groups is 1. The zero-order valence-corrected chi connectivity index (χ0v) is 8.00. The van der Waals surface area contributed by atoms with Gasteiger partial charge in [-0.1, -0.05) is 0 Å². The fourth-order valence-corrected chi connectivity index (χ4v) is 3.02. The highest BCUT2D eigenvalue weighted by Crippen LogP contribution is 2.12. The maximum atomic E-state index is 11.0. The Hall–Kier alpha value is -0.170. The first-order valence-corrected chi connectivity index (χ1v) is 5.55. The summed E-state index contributed by atoms with van der Waals surface area (Å²) in [6.45, 7) is 0. The van der Waals surface area contributed by atoms with Crippen LogP contribution in [-0.4, -0.2) is 56.3 Å². The molecule has 0 radical (unpaired) electrons. The highest BCUT2D eigenvalue weighted by atomic mass is 32.2. The van der Waals surface area contributed by atoms with Crippen molar-refractivity contribution in [2.75, 3.05) is 25.6 Å². The van der Waals surface area contributed by atoms with Crippen molar-refractivity contribution >= 4 is 9.84 Å². The normalized spacial score (nSPS) is 34.3. The van der Waals surface area contributed by atoms with Crippen LogP contribution in [0, 0.1) is 0 Å². The number of aliphatic hydroxyl groups excluding tert-OH is 1. The smallest absolute Gasteiger partial charge is 0.154 e. The van der Waals surface area contributed by atoms with E-state index < -0.39 is 15.9 Å². The Morgan fingerprint density at radius 3 is 2.33 bits per heavy atom. The molecule has 0 spiro atoms. The maximum Gasteiger partial charge on any atom is 0.154 e. The van der Waals surface area contributed by atoms with Crippen molar-refractivity contribution in [3.8, 4) is 0 Å². The standard InChI is InChI=1S/C6H14N2O3S/c1-8(2)7-5-3-12(10,11)4-6(5)9/h5-7,9H,3-4H2,1-2H3/t5-,6+/m1/s1. The van der Waals surface area contributed by atoms with Gasteiger partial charge in [0.1, 0.15) is 0 Å². The van der Waals surface area contributed by atoms with Gasteiger partial charge >= 0.3 is 0 Å². The van der Waals surface area contributed by atoms with E-state index in [1.165, 1.54) is 0 Å². The molecule has 1 aliphatic rings.